The largest absolute Gasteiger partial charge is 0.296 e. The Bertz CT molecular complexity index is 886. The van der Waals surface area contributed by atoms with E-state index in [0.717, 1.165) is 30.5 Å². The number of aryl methyl sites for hydroxylation is 1. The molecule has 2 atom stereocenters. The minimum atomic E-state index is 0.641. The molecule has 3 fully saturated rings. The molecule has 0 N–H and O–H groups in total. The van der Waals surface area contributed by atoms with Crippen LogP contribution in [-0.2, 0) is 13.1 Å². The normalized spacial score (nSPS) is 24.3. The molecule has 3 aliphatic heterocycles. The molecule has 3 aromatic heterocycles. The lowest BCUT2D eigenvalue weighted by Gasteiger charge is -2.35. The number of imidazole rings is 1. The average Bonchev–Trinajstić information content (AvgIpc) is 3.08. The van der Waals surface area contributed by atoms with E-state index in [4.69, 9.17) is 4.98 Å². The second-order valence-electron chi connectivity index (χ2n) is 7.74. The smallest absolute Gasteiger partial charge is 0.194 e. The van der Waals surface area contributed by atoms with Gasteiger partial charge in [-0.2, -0.15) is 0 Å². The number of thiazole rings is 1. The summed E-state index contributed by atoms with van der Waals surface area (Å²) in [6, 6.07) is 6.89. The van der Waals surface area contributed by atoms with E-state index in [1.54, 1.807) is 11.3 Å². The van der Waals surface area contributed by atoms with Crippen LogP contribution in [0.1, 0.15) is 29.9 Å². The highest BCUT2D eigenvalue weighted by atomic mass is 32.1. The van der Waals surface area contributed by atoms with Gasteiger partial charge in [0.05, 0.1) is 17.1 Å². The minimum absolute atomic E-state index is 0.641. The zero-order valence-electron chi connectivity index (χ0n) is 15.2. The van der Waals surface area contributed by atoms with E-state index < -0.39 is 0 Å². The van der Waals surface area contributed by atoms with E-state index >= 15 is 0 Å². The molecule has 0 amide bonds. The third-order valence-corrected chi connectivity index (χ3v) is 6.69. The lowest BCUT2D eigenvalue weighted by atomic mass is 9.95. The highest BCUT2D eigenvalue weighted by Gasteiger charge is 2.35. The Hall–Kier alpha value is -1.76. The summed E-state index contributed by atoms with van der Waals surface area (Å²) >= 11 is 1.72. The maximum atomic E-state index is 4.72. The lowest BCUT2D eigenvalue weighted by Crippen LogP contribution is -2.43. The predicted molar refractivity (Wildman–Crippen MR) is 104 cm³/mol. The molecule has 5 nitrogen and oxygen atoms in total. The second kappa shape index (κ2) is 6.76. The van der Waals surface area contributed by atoms with Gasteiger partial charge in [-0.3, -0.25) is 19.2 Å². The summed E-state index contributed by atoms with van der Waals surface area (Å²) in [7, 11) is 0. The fraction of sp³-hybridized carbons (Fsp3) is 0.500. The van der Waals surface area contributed by atoms with Crippen LogP contribution < -0.4 is 0 Å². The third-order valence-electron chi connectivity index (χ3n) is 5.93. The molecule has 3 aliphatic rings. The van der Waals surface area contributed by atoms with E-state index in [-0.39, 0.29) is 0 Å². The van der Waals surface area contributed by atoms with E-state index in [9.17, 15) is 0 Å². The van der Waals surface area contributed by atoms with Crippen molar-refractivity contribution in [3.8, 4) is 0 Å². The third kappa shape index (κ3) is 3.06. The lowest BCUT2D eigenvalue weighted by molar-refractivity contribution is 0.121. The van der Waals surface area contributed by atoms with Gasteiger partial charge in [0.25, 0.3) is 0 Å². The zero-order chi connectivity index (χ0) is 17.5. The molecule has 6 heterocycles. The molecule has 0 aromatic carbocycles. The first-order valence-corrected chi connectivity index (χ1v) is 10.4. The quantitative estimate of drug-likeness (QED) is 0.710. The molecule has 0 unspecified atom stereocenters. The van der Waals surface area contributed by atoms with Crippen LogP contribution in [0.25, 0.3) is 4.96 Å². The van der Waals surface area contributed by atoms with Crippen molar-refractivity contribution in [2.24, 2.45) is 5.92 Å². The van der Waals surface area contributed by atoms with Crippen LogP contribution in [0.4, 0.5) is 0 Å². The van der Waals surface area contributed by atoms with Gasteiger partial charge in [0.15, 0.2) is 4.96 Å². The average molecular weight is 368 g/mol. The summed E-state index contributed by atoms with van der Waals surface area (Å²) in [6.45, 7) is 7.70. The number of piperidine rings is 1. The van der Waals surface area contributed by atoms with Crippen molar-refractivity contribution in [2.75, 3.05) is 19.6 Å². The number of pyridine rings is 1. The van der Waals surface area contributed by atoms with Gasteiger partial charge in [-0.05, 0) is 37.8 Å². The highest BCUT2D eigenvalue weighted by Crippen LogP contribution is 2.30. The first kappa shape index (κ1) is 16.4. The number of nitrogens with zero attached hydrogens (tertiary/aromatic N) is 5. The van der Waals surface area contributed by atoms with Crippen LogP contribution in [0.2, 0.25) is 0 Å². The molecular formula is C20H25N5S. The monoisotopic (exact) mass is 367 g/mol. The van der Waals surface area contributed by atoms with Crippen molar-refractivity contribution in [1.29, 1.82) is 0 Å². The van der Waals surface area contributed by atoms with E-state index in [2.05, 4.69) is 49.8 Å². The zero-order valence-corrected chi connectivity index (χ0v) is 16.0. The van der Waals surface area contributed by atoms with Gasteiger partial charge in [0.2, 0.25) is 0 Å². The van der Waals surface area contributed by atoms with Gasteiger partial charge < -0.3 is 0 Å². The van der Waals surface area contributed by atoms with Crippen molar-refractivity contribution in [1.82, 2.24) is 24.2 Å². The van der Waals surface area contributed by atoms with Crippen molar-refractivity contribution < 1.29 is 0 Å². The standard InChI is InChI=1S/C20H25N5S/c1-15-19(25-8-9-26-20(25)22-15)14-23-10-16-5-6-18(13-23)24(11-16)12-17-4-2-3-7-21-17/h2-4,7-9,16,18H,5-6,10-14H2,1H3/t16-,18+/m0/s1. The number of hydrogen-bond acceptors (Lipinski definition) is 5. The van der Waals surface area contributed by atoms with Gasteiger partial charge >= 0.3 is 0 Å². The summed E-state index contributed by atoms with van der Waals surface area (Å²) in [5.41, 5.74) is 3.73. The summed E-state index contributed by atoms with van der Waals surface area (Å²) in [6.07, 6.45) is 6.74. The highest BCUT2D eigenvalue weighted by molar-refractivity contribution is 7.15. The Labute approximate surface area is 158 Å². The first-order valence-electron chi connectivity index (χ1n) is 9.53. The van der Waals surface area contributed by atoms with Crippen LogP contribution >= 0.6 is 11.3 Å². The molecule has 6 rings (SSSR count). The maximum absolute atomic E-state index is 4.72. The Kier molecular flexibility index (Phi) is 4.27. The Morgan fingerprint density at radius 1 is 1.15 bits per heavy atom. The van der Waals surface area contributed by atoms with Gasteiger partial charge in [-0.25, -0.2) is 4.98 Å². The van der Waals surface area contributed by atoms with Gasteiger partial charge in [0.1, 0.15) is 0 Å². The molecule has 3 saturated heterocycles. The summed E-state index contributed by atoms with van der Waals surface area (Å²) < 4.78 is 2.28. The van der Waals surface area contributed by atoms with E-state index in [0.29, 0.717) is 6.04 Å². The van der Waals surface area contributed by atoms with Crippen LogP contribution in [0.5, 0.6) is 0 Å². The number of aromatic nitrogens is 3. The Balaban J connectivity index is 1.33. The molecule has 26 heavy (non-hydrogen) atoms. The number of rotatable bonds is 4. The predicted octanol–water partition coefficient (Wildman–Crippen LogP) is 3.20. The van der Waals surface area contributed by atoms with Crippen LogP contribution in [0, 0.1) is 12.8 Å². The minimum Gasteiger partial charge on any atom is -0.296 e. The van der Waals surface area contributed by atoms with E-state index in [1.807, 2.05) is 12.3 Å². The second-order valence-corrected chi connectivity index (χ2v) is 8.61. The Morgan fingerprint density at radius 3 is 3.00 bits per heavy atom. The van der Waals surface area contributed by atoms with Crippen LogP contribution in [0.3, 0.4) is 0 Å². The summed E-state index contributed by atoms with van der Waals surface area (Å²) in [5, 5.41) is 2.13. The fourth-order valence-corrected chi connectivity index (χ4v) is 5.42. The molecular weight excluding hydrogens is 342 g/mol. The fourth-order valence-electron chi connectivity index (χ4n) is 4.64. The number of fused-ring (bicyclic) bond motifs is 5. The molecule has 0 radical (unpaired) electrons. The summed E-state index contributed by atoms with van der Waals surface area (Å²) in [5.74, 6) is 0.767. The molecule has 2 bridgehead atoms. The van der Waals surface area contributed by atoms with Gasteiger partial charge in [0, 0.05) is 56.5 Å². The maximum Gasteiger partial charge on any atom is 0.194 e. The molecule has 3 aromatic rings. The van der Waals surface area contributed by atoms with Crippen molar-refractivity contribution >= 4 is 16.3 Å². The molecule has 0 saturated carbocycles. The topological polar surface area (TPSA) is 36.7 Å². The van der Waals surface area contributed by atoms with Crippen LogP contribution in [-0.4, -0.2) is 49.8 Å². The van der Waals surface area contributed by atoms with Gasteiger partial charge in [-0.1, -0.05) is 6.07 Å². The molecule has 0 spiro atoms. The molecule has 136 valence electrons. The van der Waals surface area contributed by atoms with E-state index in [1.165, 1.54) is 43.0 Å². The number of hydrogen-bond donors (Lipinski definition) is 0. The summed E-state index contributed by atoms with van der Waals surface area (Å²) in [4.78, 5) is 15.7. The van der Waals surface area contributed by atoms with Crippen LogP contribution in [0.15, 0.2) is 36.0 Å². The Morgan fingerprint density at radius 2 is 2.12 bits per heavy atom. The molecule has 6 heteroatoms. The van der Waals surface area contributed by atoms with Crippen molar-refractivity contribution in [3.05, 3.63) is 53.1 Å². The van der Waals surface area contributed by atoms with Crippen molar-refractivity contribution in [2.45, 2.75) is 38.9 Å². The van der Waals surface area contributed by atoms with Crippen molar-refractivity contribution in [3.63, 3.8) is 0 Å². The molecule has 0 aliphatic carbocycles. The van der Waals surface area contributed by atoms with Gasteiger partial charge in [-0.15, -0.1) is 11.3 Å². The first-order chi connectivity index (χ1) is 12.8. The SMILES string of the molecule is Cc1nc2sccn2c1CN1C[C@@H]2CC[C@H](C1)N(Cc1ccccn1)C2.